The van der Waals surface area contributed by atoms with Gasteiger partial charge in [0.25, 0.3) is 0 Å². The van der Waals surface area contributed by atoms with Crippen molar-refractivity contribution in [1.29, 1.82) is 0 Å². The van der Waals surface area contributed by atoms with Crippen molar-refractivity contribution in [2.75, 3.05) is 6.61 Å². The molecule has 1 saturated heterocycles. The Morgan fingerprint density at radius 3 is 1.70 bits per heavy atom. The monoisotopic (exact) mass is 1110 g/mol. The van der Waals surface area contributed by atoms with E-state index in [0.717, 1.165) is 6.92 Å². The fraction of sp³-hybridized carbons (Fsp3) is 0.371. The number of ketones is 1. The zero-order chi connectivity index (χ0) is 57.7. The minimum atomic E-state index is -2.58. The lowest BCUT2D eigenvalue weighted by atomic mass is 9.44. The molecule has 4 aliphatic rings. The third kappa shape index (κ3) is 11.5. The number of rotatable bonds is 16. The van der Waals surface area contributed by atoms with Crippen molar-refractivity contribution >= 4 is 42.1 Å². The van der Waals surface area contributed by atoms with Gasteiger partial charge in [0.15, 0.2) is 23.6 Å². The number of carbonyl (C=O) groups excluding carboxylic acids is 7. The third-order valence-corrected chi connectivity index (χ3v) is 16.2. The zero-order valence-electron chi connectivity index (χ0n) is 45.2. The lowest BCUT2D eigenvalue weighted by Gasteiger charge is -2.67. The first-order valence-electron chi connectivity index (χ1n) is 26.5. The summed E-state index contributed by atoms with van der Waals surface area (Å²) in [5.74, 6) is -5.94. The van der Waals surface area contributed by atoms with Crippen LogP contribution in [-0.4, -0.2) is 107 Å². The molecule has 3 fully saturated rings. The Balaban J connectivity index is 1.18. The van der Waals surface area contributed by atoms with E-state index in [4.69, 9.17) is 42.6 Å². The van der Waals surface area contributed by atoms with Crippen molar-refractivity contribution < 1.29 is 86.4 Å². The molecule has 0 aromatic heterocycles. The van der Waals surface area contributed by atoms with Crippen LogP contribution in [0.5, 0.6) is 0 Å². The van der Waals surface area contributed by atoms with Crippen LogP contribution in [0.1, 0.15) is 86.1 Å². The molecule has 3 aliphatic carbocycles. The molecule has 9 rings (SSSR count). The number of benzene rings is 5. The van der Waals surface area contributed by atoms with Gasteiger partial charge in [0.1, 0.15) is 49.8 Å². The van der Waals surface area contributed by atoms with Gasteiger partial charge in [-0.3, -0.25) is 9.59 Å². The molecule has 5 aromatic rings. The maximum absolute atomic E-state index is 16.6. The second-order valence-electron chi connectivity index (χ2n) is 21.4. The molecule has 3 N–H and O–H groups in total. The van der Waals surface area contributed by atoms with E-state index in [1.807, 2.05) is 0 Å². The predicted octanol–water partition coefficient (Wildman–Crippen LogP) is 8.38. The fourth-order valence-electron chi connectivity index (χ4n) is 12.0. The van der Waals surface area contributed by atoms with E-state index in [1.54, 1.807) is 140 Å². The SMILES string of the molecule is CC(=O)O[C@@]12CO[C@@H]1C[C@H](OC(=O)OCc1ccccc1)[C@@]1(C)C(=O)[C@H](OC(=O)OCc3ccccc3)C3=C(C)[C@@H](OC(=O)[C@H](O)[C@@H](NC(=O)OCc4ccccc4)c4ccccc4)C[C@@](O)([C@@H](OC(=O)c4ccccc4)[C@H]21)C3(C)C. The molecule has 11 atom stereocenters. The third-order valence-electron chi connectivity index (χ3n) is 16.2. The molecule has 19 nitrogen and oxygen atoms in total. The zero-order valence-corrected chi connectivity index (χ0v) is 45.2. The van der Waals surface area contributed by atoms with E-state index < -0.39 is 126 Å². The number of carbonyl (C=O) groups is 7. The van der Waals surface area contributed by atoms with Crippen molar-refractivity contribution in [3.63, 3.8) is 0 Å². The van der Waals surface area contributed by atoms with Gasteiger partial charge in [-0.25, -0.2) is 24.0 Å². The van der Waals surface area contributed by atoms with Crippen molar-refractivity contribution in [2.45, 2.75) is 121 Å². The van der Waals surface area contributed by atoms with Crippen LogP contribution >= 0.6 is 0 Å². The van der Waals surface area contributed by atoms with E-state index in [9.17, 15) is 39.0 Å². The van der Waals surface area contributed by atoms with Gasteiger partial charge in [-0.05, 0) is 59.4 Å². The average molecular weight is 1110 g/mol. The Kier molecular flexibility index (Phi) is 16.8. The molecule has 1 amide bonds. The molecule has 2 saturated carbocycles. The summed E-state index contributed by atoms with van der Waals surface area (Å²) < 4.78 is 54.3. The smallest absolute Gasteiger partial charge is 0.456 e. The Hall–Kier alpha value is -8.39. The molecule has 2 bridgehead atoms. The van der Waals surface area contributed by atoms with Gasteiger partial charge in [0.2, 0.25) is 0 Å². The van der Waals surface area contributed by atoms with E-state index in [-0.39, 0.29) is 48.5 Å². The molecular weight excluding hydrogens is 1050 g/mol. The Labute approximate surface area is 467 Å². The minimum absolute atomic E-state index is 0.00279. The summed E-state index contributed by atoms with van der Waals surface area (Å²) >= 11 is 0. The van der Waals surface area contributed by atoms with Crippen LogP contribution in [0.2, 0.25) is 0 Å². The van der Waals surface area contributed by atoms with Crippen LogP contribution in [0.25, 0.3) is 0 Å². The summed E-state index contributed by atoms with van der Waals surface area (Å²) in [6.07, 6.45) is -15.3. The Morgan fingerprint density at radius 1 is 0.679 bits per heavy atom. The van der Waals surface area contributed by atoms with Gasteiger partial charge in [-0.1, -0.05) is 153 Å². The summed E-state index contributed by atoms with van der Waals surface area (Å²) in [6, 6.07) is 40.4. The maximum atomic E-state index is 16.6. The van der Waals surface area contributed by atoms with Crippen LogP contribution < -0.4 is 5.32 Å². The number of amides is 1. The highest BCUT2D eigenvalue weighted by molar-refractivity contribution is 5.95. The largest absolute Gasteiger partial charge is 0.509 e. The number of Topliss-reactive ketones (excluding diaryl/α,β-unsaturated/α-hetero) is 1. The second kappa shape index (κ2) is 23.7. The highest BCUT2D eigenvalue weighted by Gasteiger charge is 2.79. The first-order chi connectivity index (χ1) is 38.8. The Bertz CT molecular complexity index is 3140. The van der Waals surface area contributed by atoms with Crippen LogP contribution in [0, 0.1) is 16.7 Å². The molecular formula is C62H63NO18. The molecule has 0 spiro atoms. The van der Waals surface area contributed by atoms with Gasteiger partial charge in [-0.2, -0.15) is 0 Å². The summed E-state index contributed by atoms with van der Waals surface area (Å²) in [7, 11) is 0. The van der Waals surface area contributed by atoms with E-state index in [1.165, 1.54) is 39.8 Å². The van der Waals surface area contributed by atoms with Crippen LogP contribution in [0.3, 0.4) is 0 Å². The van der Waals surface area contributed by atoms with E-state index in [0.29, 0.717) is 16.7 Å². The lowest BCUT2D eigenvalue weighted by Crippen LogP contribution is -2.82. The number of ether oxygens (including phenoxy) is 9. The topological polar surface area (TPSA) is 255 Å². The second-order valence-corrected chi connectivity index (χ2v) is 21.4. The highest BCUT2D eigenvalue weighted by atomic mass is 16.7. The molecule has 0 radical (unpaired) electrons. The fourth-order valence-corrected chi connectivity index (χ4v) is 12.0. The van der Waals surface area contributed by atoms with Crippen molar-refractivity contribution in [1.82, 2.24) is 5.32 Å². The molecule has 1 heterocycles. The quantitative estimate of drug-likeness (QED) is 0.0476. The summed E-state index contributed by atoms with van der Waals surface area (Å²) in [6.45, 7) is 5.89. The number of hydrogen-bond acceptors (Lipinski definition) is 18. The lowest BCUT2D eigenvalue weighted by molar-refractivity contribution is -0.346. The molecule has 5 aromatic carbocycles. The minimum Gasteiger partial charge on any atom is -0.456 e. The van der Waals surface area contributed by atoms with E-state index in [2.05, 4.69) is 5.32 Å². The maximum Gasteiger partial charge on any atom is 0.509 e. The Morgan fingerprint density at radius 2 is 1.19 bits per heavy atom. The van der Waals surface area contributed by atoms with Gasteiger partial charge in [0, 0.05) is 25.2 Å². The van der Waals surface area contributed by atoms with Gasteiger partial charge in [-0.15, -0.1) is 0 Å². The van der Waals surface area contributed by atoms with Crippen molar-refractivity contribution in [3.8, 4) is 0 Å². The molecule has 19 heteroatoms. The van der Waals surface area contributed by atoms with Crippen molar-refractivity contribution in [3.05, 3.63) is 191 Å². The standard InChI is InChI=1S/C62H63NO18/c1-37-44(77-55(68)49(65)48(42-27-17-9-18-28-42)63-56(69)73-33-39-21-11-6-12-22-39)32-62(72)53(80-54(67)43-29-19-10-20-30-43)51-60(5,52(66)50(47(37)59(62,3)4)79-58(71)75-35-41-25-15-8-16-26-41)45(31-46-61(51,36-76-46)81-38(2)64)78-57(70)74-34-40-23-13-7-14-24-40/h6-30,44-46,48-51,53,65,72H,31-36H2,1-5H3,(H,63,69)/t44-,45-,46+,48-,49+,50+,51-,53-,60+,61-,62+/m0/s1. The molecule has 424 valence electrons. The normalized spacial score (nSPS) is 26.8. The molecule has 0 unspecified atom stereocenters. The highest BCUT2D eigenvalue weighted by Crippen LogP contribution is 2.65. The first kappa shape index (κ1) is 57.3. The summed E-state index contributed by atoms with van der Waals surface area (Å²) in [5.41, 5.74) is -6.67. The summed E-state index contributed by atoms with van der Waals surface area (Å²) in [4.78, 5) is 101. The van der Waals surface area contributed by atoms with E-state index >= 15 is 4.79 Å². The number of aliphatic hydroxyl groups is 2. The number of aliphatic hydroxyl groups excluding tert-OH is 1. The average Bonchev–Trinajstić information content (AvgIpc) is 1.46. The van der Waals surface area contributed by atoms with Crippen LogP contribution in [0.15, 0.2) is 163 Å². The van der Waals surface area contributed by atoms with Crippen LogP contribution in [0.4, 0.5) is 14.4 Å². The van der Waals surface area contributed by atoms with Crippen LogP contribution in [-0.2, 0) is 76.8 Å². The number of nitrogens with one attached hydrogen (secondary N) is 1. The number of hydrogen-bond donors (Lipinski definition) is 3. The van der Waals surface area contributed by atoms with Gasteiger partial charge < -0.3 is 58.2 Å². The number of fused-ring (bicyclic) bond motifs is 5. The van der Waals surface area contributed by atoms with Gasteiger partial charge >= 0.3 is 36.3 Å². The van der Waals surface area contributed by atoms with Crippen molar-refractivity contribution in [2.24, 2.45) is 16.7 Å². The van der Waals surface area contributed by atoms with Gasteiger partial charge in [0.05, 0.1) is 29.5 Å². The summed E-state index contributed by atoms with van der Waals surface area (Å²) in [5, 5.41) is 28.9. The molecule has 1 aliphatic heterocycles. The predicted molar refractivity (Wildman–Crippen MR) is 285 cm³/mol. The molecule has 81 heavy (non-hydrogen) atoms. The first-order valence-corrected chi connectivity index (χ1v) is 26.5. The number of esters is 3. The number of alkyl carbamates (subject to hydrolysis) is 1.